The lowest BCUT2D eigenvalue weighted by Crippen LogP contribution is -2.38. The first kappa shape index (κ1) is 16.1. The number of ether oxygens (including phenoxy) is 1. The van der Waals surface area contributed by atoms with Gasteiger partial charge in [0.1, 0.15) is 17.7 Å². The van der Waals surface area contributed by atoms with E-state index in [2.05, 4.69) is 0 Å². The van der Waals surface area contributed by atoms with Crippen LogP contribution >= 0.6 is 23.2 Å². The summed E-state index contributed by atoms with van der Waals surface area (Å²) in [6.07, 6.45) is -0.00750. The first-order valence-electron chi connectivity index (χ1n) is 6.58. The number of hydrogen-bond acceptors (Lipinski definition) is 2. The number of rotatable bonds is 5. The molecule has 0 spiro atoms. The van der Waals surface area contributed by atoms with Gasteiger partial charge >= 0.3 is 0 Å². The number of halogens is 3. The summed E-state index contributed by atoms with van der Waals surface area (Å²) in [5.74, 6) is 0.276. The molecule has 0 saturated heterocycles. The van der Waals surface area contributed by atoms with Crippen LogP contribution < -0.4 is 10.5 Å². The van der Waals surface area contributed by atoms with Crippen LogP contribution in [0.2, 0.25) is 10.0 Å². The summed E-state index contributed by atoms with van der Waals surface area (Å²) in [7, 11) is 0. The fourth-order valence-electron chi connectivity index (χ4n) is 1.97. The molecule has 2 atom stereocenters. The van der Waals surface area contributed by atoms with Crippen molar-refractivity contribution in [3.8, 4) is 5.75 Å². The van der Waals surface area contributed by atoms with Crippen LogP contribution in [0.5, 0.6) is 5.75 Å². The largest absolute Gasteiger partial charge is 0.489 e. The van der Waals surface area contributed by atoms with Crippen molar-refractivity contribution < 1.29 is 9.13 Å². The minimum atomic E-state index is -0.390. The van der Waals surface area contributed by atoms with E-state index in [-0.39, 0.29) is 11.9 Å². The van der Waals surface area contributed by atoms with Gasteiger partial charge in [-0.15, -0.1) is 0 Å². The van der Waals surface area contributed by atoms with Crippen LogP contribution in [0.25, 0.3) is 0 Å². The summed E-state index contributed by atoms with van der Waals surface area (Å²) in [6, 6.07) is 11.3. The first-order chi connectivity index (χ1) is 9.97. The molecule has 0 saturated carbocycles. The molecule has 21 heavy (non-hydrogen) atoms. The Morgan fingerprint density at radius 2 is 1.90 bits per heavy atom. The van der Waals surface area contributed by atoms with Gasteiger partial charge in [-0.2, -0.15) is 0 Å². The highest BCUT2D eigenvalue weighted by Gasteiger charge is 2.18. The lowest BCUT2D eigenvalue weighted by atomic mass is 10.0. The average molecular weight is 328 g/mol. The molecule has 2 unspecified atom stereocenters. The van der Waals surface area contributed by atoms with Crippen LogP contribution in [0.3, 0.4) is 0 Å². The minimum Gasteiger partial charge on any atom is -0.489 e. The van der Waals surface area contributed by atoms with Gasteiger partial charge in [-0.3, -0.25) is 0 Å². The van der Waals surface area contributed by atoms with Crippen LogP contribution in [0.4, 0.5) is 4.39 Å². The number of nitrogens with two attached hydrogens (primary N) is 1. The zero-order valence-corrected chi connectivity index (χ0v) is 13.0. The molecular formula is C16H16Cl2FNO. The maximum Gasteiger partial charge on any atom is 0.127 e. The van der Waals surface area contributed by atoms with Crippen LogP contribution in [0, 0.1) is 5.82 Å². The van der Waals surface area contributed by atoms with Gasteiger partial charge < -0.3 is 10.5 Å². The van der Waals surface area contributed by atoms with E-state index in [1.54, 1.807) is 36.4 Å². The molecule has 0 aliphatic heterocycles. The maximum absolute atomic E-state index is 13.8. The second-order valence-corrected chi connectivity index (χ2v) is 5.69. The van der Waals surface area contributed by atoms with Gasteiger partial charge in [-0.05, 0) is 43.7 Å². The highest BCUT2D eigenvalue weighted by Crippen LogP contribution is 2.23. The second-order valence-electron chi connectivity index (χ2n) is 4.85. The summed E-state index contributed by atoms with van der Waals surface area (Å²) >= 11 is 11.9. The molecule has 2 rings (SSSR count). The molecule has 5 heteroatoms. The summed E-state index contributed by atoms with van der Waals surface area (Å²) in [5.41, 5.74) is 6.50. The molecule has 0 aliphatic carbocycles. The van der Waals surface area contributed by atoms with E-state index in [4.69, 9.17) is 33.7 Å². The molecule has 2 aromatic rings. The lowest BCUT2D eigenvalue weighted by Gasteiger charge is -2.22. The molecule has 0 radical (unpaired) electrons. The van der Waals surface area contributed by atoms with Crippen LogP contribution in [-0.4, -0.2) is 12.1 Å². The molecule has 2 aromatic carbocycles. The summed E-state index contributed by atoms with van der Waals surface area (Å²) in [4.78, 5) is 0. The standard InChI is InChI=1S/C16H16Cl2FNO/c1-10(21-12-5-2-4-11(17)8-12)16(20)9-13-14(18)6-3-7-15(13)19/h2-8,10,16H,9,20H2,1H3. The summed E-state index contributed by atoms with van der Waals surface area (Å²) < 4.78 is 19.5. The van der Waals surface area contributed by atoms with Gasteiger partial charge in [0.15, 0.2) is 0 Å². The molecule has 0 bridgehead atoms. The van der Waals surface area contributed by atoms with Gasteiger partial charge in [0, 0.05) is 21.7 Å². The SMILES string of the molecule is CC(Oc1cccc(Cl)c1)C(N)Cc1c(F)cccc1Cl. The van der Waals surface area contributed by atoms with E-state index in [1.165, 1.54) is 6.07 Å². The van der Waals surface area contributed by atoms with Crippen LogP contribution in [0.1, 0.15) is 12.5 Å². The highest BCUT2D eigenvalue weighted by atomic mass is 35.5. The number of benzene rings is 2. The van der Waals surface area contributed by atoms with Crippen molar-refractivity contribution in [2.24, 2.45) is 5.73 Å². The average Bonchev–Trinajstić information content (AvgIpc) is 2.43. The van der Waals surface area contributed by atoms with Crippen molar-refractivity contribution in [3.63, 3.8) is 0 Å². The summed E-state index contributed by atoms with van der Waals surface area (Å²) in [5, 5.41) is 0.964. The minimum absolute atomic E-state index is 0.299. The Bertz CT molecular complexity index is 601. The van der Waals surface area contributed by atoms with E-state index in [1.807, 2.05) is 6.92 Å². The third kappa shape index (κ3) is 4.34. The van der Waals surface area contributed by atoms with Crippen molar-refractivity contribution in [3.05, 3.63) is 63.9 Å². The topological polar surface area (TPSA) is 35.2 Å². The number of hydrogen-bond donors (Lipinski definition) is 1. The Kier molecular flexibility index (Phi) is 5.45. The van der Waals surface area contributed by atoms with Crippen molar-refractivity contribution in [2.75, 3.05) is 0 Å². The molecule has 0 aliphatic rings. The first-order valence-corrected chi connectivity index (χ1v) is 7.33. The fourth-order valence-corrected chi connectivity index (χ4v) is 2.39. The molecule has 112 valence electrons. The van der Waals surface area contributed by atoms with Crippen LogP contribution in [-0.2, 0) is 6.42 Å². The molecular weight excluding hydrogens is 312 g/mol. The predicted octanol–water partition coefficient (Wildman–Crippen LogP) is 4.47. The van der Waals surface area contributed by atoms with E-state index in [0.29, 0.717) is 27.8 Å². The highest BCUT2D eigenvalue weighted by molar-refractivity contribution is 6.31. The smallest absolute Gasteiger partial charge is 0.127 e. The van der Waals surface area contributed by atoms with E-state index in [9.17, 15) is 4.39 Å². The zero-order chi connectivity index (χ0) is 15.4. The monoisotopic (exact) mass is 327 g/mol. The molecule has 0 aromatic heterocycles. The van der Waals surface area contributed by atoms with Crippen molar-refractivity contribution in [1.82, 2.24) is 0 Å². The lowest BCUT2D eigenvalue weighted by molar-refractivity contribution is 0.188. The van der Waals surface area contributed by atoms with Gasteiger partial charge in [-0.25, -0.2) is 4.39 Å². The Morgan fingerprint density at radius 1 is 1.19 bits per heavy atom. The third-order valence-electron chi connectivity index (χ3n) is 3.22. The van der Waals surface area contributed by atoms with Crippen LogP contribution in [0.15, 0.2) is 42.5 Å². The molecule has 2 nitrogen and oxygen atoms in total. The molecule has 0 fully saturated rings. The molecule has 0 amide bonds. The fraction of sp³-hybridized carbons (Fsp3) is 0.250. The quantitative estimate of drug-likeness (QED) is 0.879. The molecule has 0 heterocycles. The van der Waals surface area contributed by atoms with Crippen molar-refractivity contribution in [2.45, 2.75) is 25.5 Å². The maximum atomic E-state index is 13.8. The normalized spacial score (nSPS) is 13.8. The van der Waals surface area contributed by atoms with E-state index in [0.717, 1.165) is 0 Å². The summed E-state index contributed by atoms with van der Waals surface area (Å²) in [6.45, 7) is 1.83. The van der Waals surface area contributed by atoms with Gasteiger partial charge in [0.25, 0.3) is 0 Å². The third-order valence-corrected chi connectivity index (χ3v) is 3.81. The van der Waals surface area contributed by atoms with E-state index >= 15 is 0 Å². The van der Waals surface area contributed by atoms with E-state index < -0.39 is 6.04 Å². The second kappa shape index (κ2) is 7.12. The van der Waals surface area contributed by atoms with Crippen molar-refractivity contribution >= 4 is 23.2 Å². The Morgan fingerprint density at radius 3 is 2.57 bits per heavy atom. The molecule has 2 N–H and O–H groups in total. The van der Waals surface area contributed by atoms with Gasteiger partial charge in [0.2, 0.25) is 0 Å². The zero-order valence-electron chi connectivity index (χ0n) is 11.5. The Labute approximate surface area is 133 Å². The van der Waals surface area contributed by atoms with Gasteiger partial charge in [0.05, 0.1) is 0 Å². The predicted molar refractivity (Wildman–Crippen MR) is 84.6 cm³/mol. The Balaban J connectivity index is 2.04. The Hall–Kier alpha value is -1.29. The van der Waals surface area contributed by atoms with Gasteiger partial charge in [-0.1, -0.05) is 35.3 Å². The van der Waals surface area contributed by atoms with Crippen molar-refractivity contribution in [1.29, 1.82) is 0 Å².